The highest BCUT2D eigenvalue weighted by Crippen LogP contribution is 2.27. The van der Waals surface area contributed by atoms with Crippen molar-refractivity contribution >= 4 is 52.8 Å². The molecular weight excluding hydrogens is 448 g/mol. The van der Waals surface area contributed by atoms with Crippen LogP contribution in [0.4, 0.5) is 17.1 Å². The second kappa shape index (κ2) is 9.93. The lowest BCUT2D eigenvalue weighted by molar-refractivity contribution is -0.129. The van der Waals surface area contributed by atoms with Crippen molar-refractivity contribution in [3.05, 3.63) is 94.1 Å². The molecule has 0 radical (unpaired) electrons. The minimum atomic E-state index is -0.508. The van der Waals surface area contributed by atoms with Crippen LogP contribution >= 0.6 is 11.6 Å². The highest BCUT2D eigenvalue weighted by Gasteiger charge is 2.25. The Bertz CT molecular complexity index is 1290. The number of cyclic esters (lactones) is 1. The number of nitrogens with zero attached hydrogens (tertiary/aromatic N) is 4. The summed E-state index contributed by atoms with van der Waals surface area (Å²) in [6, 6.07) is 21.2. The molecule has 0 atom stereocenters. The molecule has 0 amide bonds. The second-order valence-electron chi connectivity index (χ2n) is 8.23. The summed E-state index contributed by atoms with van der Waals surface area (Å²) in [5.74, 6) is -0.306. The zero-order chi connectivity index (χ0) is 24.2. The number of halogens is 1. The van der Waals surface area contributed by atoms with Crippen LogP contribution < -0.4 is 9.80 Å². The van der Waals surface area contributed by atoms with Gasteiger partial charge in [0.25, 0.3) is 0 Å². The summed E-state index contributed by atoms with van der Waals surface area (Å²) in [4.78, 5) is 25.2. The predicted molar refractivity (Wildman–Crippen MR) is 141 cm³/mol. The number of aliphatic imine (C=N–C) groups is 2. The summed E-state index contributed by atoms with van der Waals surface area (Å²) in [6.45, 7) is 0. The molecule has 0 fully saturated rings. The minimum Gasteiger partial charge on any atom is -0.402 e. The van der Waals surface area contributed by atoms with Crippen LogP contribution in [0.2, 0.25) is 5.02 Å². The van der Waals surface area contributed by atoms with E-state index in [9.17, 15) is 4.79 Å². The summed E-state index contributed by atoms with van der Waals surface area (Å²) in [5.41, 5.74) is 5.53. The summed E-state index contributed by atoms with van der Waals surface area (Å²) in [7, 11) is 7.88. The van der Waals surface area contributed by atoms with Crippen LogP contribution in [0.3, 0.4) is 0 Å². The van der Waals surface area contributed by atoms with Gasteiger partial charge in [-0.15, -0.1) is 0 Å². The van der Waals surface area contributed by atoms with Gasteiger partial charge in [-0.1, -0.05) is 35.9 Å². The molecule has 0 aromatic heterocycles. The molecule has 0 N–H and O–H groups in total. The summed E-state index contributed by atoms with van der Waals surface area (Å²) < 4.78 is 5.37. The van der Waals surface area contributed by atoms with Crippen molar-refractivity contribution in [3.8, 4) is 0 Å². The Morgan fingerprint density at radius 2 is 1.47 bits per heavy atom. The van der Waals surface area contributed by atoms with Gasteiger partial charge in [-0.2, -0.15) is 0 Å². The van der Waals surface area contributed by atoms with E-state index < -0.39 is 5.97 Å². The van der Waals surface area contributed by atoms with Gasteiger partial charge >= 0.3 is 5.97 Å². The standard InChI is InChI=1S/C27H25ClN4O2/c1-31(2)21-11-7-19(8-12-21)17-29-20-9-5-18(6-10-20)15-25-27(33)34-26(30-25)23-14-13-22(32(3)4)16-24(23)28/h5-17H,1-4H3/b25-15+,29-17?. The van der Waals surface area contributed by atoms with E-state index in [1.807, 2.05) is 87.8 Å². The molecule has 172 valence electrons. The molecule has 0 saturated heterocycles. The number of hydrogen-bond donors (Lipinski definition) is 0. The third-order valence-corrected chi connectivity index (χ3v) is 5.60. The van der Waals surface area contributed by atoms with Gasteiger partial charge < -0.3 is 14.5 Å². The van der Waals surface area contributed by atoms with Crippen LogP contribution in [-0.2, 0) is 9.53 Å². The van der Waals surface area contributed by atoms with Gasteiger partial charge in [0, 0.05) is 45.8 Å². The number of esters is 1. The summed E-state index contributed by atoms with van der Waals surface area (Å²) in [5, 5.41) is 0.470. The Morgan fingerprint density at radius 1 is 0.853 bits per heavy atom. The number of benzene rings is 3. The molecule has 1 heterocycles. The monoisotopic (exact) mass is 472 g/mol. The van der Waals surface area contributed by atoms with E-state index in [1.54, 1.807) is 12.1 Å². The Kier molecular flexibility index (Phi) is 6.80. The fraction of sp³-hybridized carbons (Fsp3) is 0.148. The SMILES string of the molecule is CN(C)c1ccc(C=Nc2ccc(/C=C3/N=C(c4ccc(N(C)C)cc4Cl)OC3=O)cc2)cc1. The smallest absolute Gasteiger partial charge is 0.363 e. The van der Waals surface area contributed by atoms with Crippen LogP contribution in [-0.4, -0.2) is 46.3 Å². The Balaban J connectivity index is 1.48. The highest BCUT2D eigenvalue weighted by molar-refractivity contribution is 6.34. The summed E-state index contributed by atoms with van der Waals surface area (Å²) in [6.07, 6.45) is 3.51. The van der Waals surface area contributed by atoms with Crippen LogP contribution in [0.1, 0.15) is 16.7 Å². The summed E-state index contributed by atoms with van der Waals surface area (Å²) >= 11 is 6.39. The molecule has 3 aromatic rings. The molecule has 1 aliphatic heterocycles. The lowest BCUT2D eigenvalue weighted by Gasteiger charge is -2.13. The molecule has 1 aliphatic rings. The van der Waals surface area contributed by atoms with E-state index in [4.69, 9.17) is 16.3 Å². The van der Waals surface area contributed by atoms with Crippen LogP contribution in [0.5, 0.6) is 0 Å². The number of anilines is 2. The zero-order valence-corrected chi connectivity index (χ0v) is 20.2. The van der Waals surface area contributed by atoms with Crippen molar-refractivity contribution in [1.29, 1.82) is 0 Å². The maximum atomic E-state index is 12.4. The number of hydrogen-bond acceptors (Lipinski definition) is 6. The largest absolute Gasteiger partial charge is 0.402 e. The van der Waals surface area contributed by atoms with Crippen molar-refractivity contribution in [2.45, 2.75) is 0 Å². The van der Waals surface area contributed by atoms with Gasteiger partial charge in [0.2, 0.25) is 5.90 Å². The highest BCUT2D eigenvalue weighted by atomic mass is 35.5. The molecule has 7 heteroatoms. The maximum Gasteiger partial charge on any atom is 0.363 e. The molecule has 0 bridgehead atoms. The van der Waals surface area contributed by atoms with E-state index in [1.165, 1.54) is 0 Å². The predicted octanol–water partition coefficient (Wildman–Crippen LogP) is 5.57. The van der Waals surface area contributed by atoms with Gasteiger partial charge in [0.05, 0.1) is 16.3 Å². The van der Waals surface area contributed by atoms with E-state index in [-0.39, 0.29) is 11.6 Å². The van der Waals surface area contributed by atoms with Crippen molar-refractivity contribution in [2.24, 2.45) is 9.98 Å². The molecule has 4 rings (SSSR count). The van der Waals surface area contributed by atoms with Crippen LogP contribution in [0, 0.1) is 0 Å². The quantitative estimate of drug-likeness (QED) is 0.267. The van der Waals surface area contributed by atoms with Gasteiger partial charge in [-0.25, -0.2) is 9.79 Å². The molecule has 3 aromatic carbocycles. The molecular formula is C27H25ClN4O2. The Hall–Kier alpha value is -3.90. The second-order valence-corrected chi connectivity index (χ2v) is 8.64. The zero-order valence-electron chi connectivity index (χ0n) is 19.5. The number of rotatable bonds is 6. The third-order valence-electron chi connectivity index (χ3n) is 5.29. The Labute approximate surface area is 204 Å². The van der Waals surface area contributed by atoms with Gasteiger partial charge in [-0.3, -0.25) is 4.99 Å². The molecule has 34 heavy (non-hydrogen) atoms. The molecule has 0 unspecified atom stereocenters. The molecule has 0 aliphatic carbocycles. The molecule has 0 saturated carbocycles. The van der Waals surface area contributed by atoms with Crippen molar-refractivity contribution in [1.82, 2.24) is 0 Å². The first-order valence-corrected chi connectivity index (χ1v) is 11.1. The van der Waals surface area contributed by atoms with Crippen LogP contribution in [0.15, 0.2) is 82.4 Å². The first-order chi connectivity index (χ1) is 16.3. The fourth-order valence-corrected chi connectivity index (χ4v) is 3.56. The van der Waals surface area contributed by atoms with Crippen molar-refractivity contribution < 1.29 is 9.53 Å². The van der Waals surface area contributed by atoms with Crippen molar-refractivity contribution in [3.63, 3.8) is 0 Å². The fourth-order valence-electron chi connectivity index (χ4n) is 3.30. The Morgan fingerprint density at radius 3 is 2.09 bits per heavy atom. The van der Waals surface area contributed by atoms with Gasteiger partial charge in [0.15, 0.2) is 5.70 Å². The number of ether oxygens (including phenoxy) is 1. The van der Waals surface area contributed by atoms with E-state index in [0.717, 1.165) is 28.2 Å². The van der Waals surface area contributed by atoms with E-state index in [0.29, 0.717) is 10.6 Å². The molecule has 0 spiro atoms. The first kappa shape index (κ1) is 23.3. The number of carbonyl (C=O) groups excluding carboxylic acids is 1. The normalized spacial score (nSPS) is 14.4. The van der Waals surface area contributed by atoms with Crippen molar-refractivity contribution in [2.75, 3.05) is 38.0 Å². The minimum absolute atomic E-state index is 0.202. The number of carbonyl (C=O) groups is 1. The first-order valence-electron chi connectivity index (χ1n) is 10.7. The maximum absolute atomic E-state index is 12.4. The van der Waals surface area contributed by atoms with Gasteiger partial charge in [-0.05, 0) is 59.7 Å². The average Bonchev–Trinajstić information content (AvgIpc) is 3.18. The van der Waals surface area contributed by atoms with E-state index >= 15 is 0 Å². The lowest BCUT2D eigenvalue weighted by Crippen LogP contribution is -2.10. The average molecular weight is 473 g/mol. The molecule has 6 nitrogen and oxygen atoms in total. The lowest BCUT2D eigenvalue weighted by atomic mass is 10.1. The topological polar surface area (TPSA) is 57.5 Å². The van der Waals surface area contributed by atoms with Gasteiger partial charge in [0.1, 0.15) is 0 Å². The van der Waals surface area contributed by atoms with E-state index in [2.05, 4.69) is 27.0 Å². The third kappa shape index (κ3) is 5.35. The van der Waals surface area contributed by atoms with Crippen LogP contribution in [0.25, 0.3) is 6.08 Å².